The van der Waals surface area contributed by atoms with Crippen LogP contribution in [-0.4, -0.2) is 28.3 Å². The van der Waals surface area contributed by atoms with E-state index in [0.717, 1.165) is 18.2 Å². The van der Waals surface area contributed by atoms with Gasteiger partial charge in [-0.15, -0.1) is 0 Å². The van der Waals surface area contributed by atoms with Crippen LogP contribution < -0.4 is 0 Å². The molecular formula is C21H23ClF2O4S2. The minimum Gasteiger partial charge on any atom is -0.229 e. The SMILES string of the molecule is CCS(=O)(=O)CC1CCC(c2cc(F)ccc2F)(S(=O)(=O)c2ccc(Cl)cc2)CC1. The van der Waals surface area contributed by atoms with E-state index in [1.54, 1.807) is 6.92 Å². The predicted octanol–water partition coefficient (Wildman–Crippen LogP) is 4.91. The predicted molar refractivity (Wildman–Crippen MR) is 113 cm³/mol. The zero-order valence-corrected chi connectivity index (χ0v) is 18.8. The summed E-state index contributed by atoms with van der Waals surface area (Å²) in [6.07, 6.45) is 0.564. The first-order chi connectivity index (χ1) is 14.0. The van der Waals surface area contributed by atoms with Crippen molar-refractivity contribution in [3.05, 3.63) is 64.7 Å². The lowest BCUT2D eigenvalue weighted by atomic mass is 9.78. The molecule has 9 heteroatoms. The molecule has 164 valence electrons. The molecule has 2 aromatic carbocycles. The maximum absolute atomic E-state index is 14.8. The van der Waals surface area contributed by atoms with Crippen LogP contribution in [-0.2, 0) is 24.4 Å². The molecule has 0 amide bonds. The number of sulfone groups is 2. The molecule has 0 saturated heterocycles. The summed E-state index contributed by atoms with van der Waals surface area (Å²) in [6.45, 7) is 1.57. The summed E-state index contributed by atoms with van der Waals surface area (Å²) < 4.78 is 78.5. The molecule has 0 N–H and O–H groups in total. The quantitative estimate of drug-likeness (QED) is 0.594. The van der Waals surface area contributed by atoms with Crippen molar-refractivity contribution in [2.45, 2.75) is 42.2 Å². The zero-order chi connectivity index (χ0) is 22.2. The molecule has 0 aliphatic heterocycles. The molecule has 1 aliphatic carbocycles. The van der Waals surface area contributed by atoms with E-state index in [9.17, 15) is 25.6 Å². The fraction of sp³-hybridized carbons (Fsp3) is 0.429. The van der Waals surface area contributed by atoms with Crippen molar-refractivity contribution < 1.29 is 25.6 Å². The number of hydrogen-bond donors (Lipinski definition) is 0. The van der Waals surface area contributed by atoms with Crippen LogP contribution in [0.2, 0.25) is 5.02 Å². The van der Waals surface area contributed by atoms with E-state index in [1.807, 2.05) is 0 Å². The molecule has 1 aliphatic rings. The minimum atomic E-state index is -4.12. The fourth-order valence-corrected chi connectivity index (χ4v) is 7.73. The largest absolute Gasteiger partial charge is 0.229 e. The molecule has 4 nitrogen and oxygen atoms in total. The second-order valence-corrected chi connectivity index (χ2v) is 12.8. The molecule has 3 rings (SSSR count). The van der Waals surface area contributed by atoms with Crippen LogP contribution in [0.4, 0.5) is 8.78 Å². The molecule has 0 unspecified atom stereocenters. The Bertz CT molecular complexity index is 1120. The highest BCUT2D eigenvalue weighted by molar-refractivity contribution is 7.92. The molecule has 0 aromatic heterocycles. The van der Waals surface area contributed by atoms with Crippen LogP contribution in [0.3, 0.4) is 0 Å². The summed E-state index contributed by atoms with van der Waals surface area (Å²) in [4.78, 5) is -0.0322. The van der Waals surface area contributed by atoms with Gasteiger partial charge in [-0.1, -0.05) is 18.5 Å². The monoisotopic (exact) mass is 476 g/mol. The lowest BCUT2D eigenvalue weighted by Crippen LogP contribution is -2.41. The van der Waals surface area contributed by atoms with Crippen molar-refractivity contribution in [2.24, 2.45) is 5.92 Å². The van der Waals surface area contributed by atoms with Crippen LogP contribution in [0.5, 0.6) is 0 Å². The van der Waals surface area contributed by atoms with Crippen molar-refractivity contribution in [1.29, 1.82) is 0 Å². The highest BCUT2D eigenvalue weighted by Gasteiger charge is 2.50. The van der Waals surface area contributed by atoms with Gasteiger partial charge in [0.05, 0.1) is 10.6 Å². The molecule has 0 radical (unpaired) electrons. The van der Waals surface area contributed by atoms with Crippen LogP contribution in [0.1, 0.15) is 38.2 Å². The van der Waals surface area contributed by atoms with E-state index in [1.165, 1.54) is 24.3 Å². The van der Waals surface area contributed by atoms with E-state index in [-0.39, 0.29) is 53.6 Å². The summed E-state index contributed by atoms with van der Waals surface area (Å²) >= 11 is 5.88. The van der Waals surface area contributed by atoms with E-state index in [4.69, 9.17) is 11.6 Å². The molecule has 0 bridgehead atoms. The molecule has 1 saturated carbocycles. The number of rotatable bonds is 6. The average molecular weight is 477 g/mol. The molecule has 0 atom stereocenters. The van der Waals surface area contributed by atoms with Gasteiger partial charge in [0, 0.05) is 16.3 Å². The third-order valence-corrected chi connectivity index (χ3v) is 10.6. The Balaban J connectivity index is 2.08. The fourth-order valence-electron chi connectivity index (χ4n) is 4.16. The van der Waals surface area contributed by atoms with Crippen LogP contribution >= 0.6 is 11.6 Å². The minimum absolute atomic E-state index is 0.00222. The number of halogens is 3. The zero-order valence-electron chi connectivity index (χ0n) is 16.4. The molecule has 2 aromatic rings. The standard InChI is InChI=1S/C21H23ClF2O4S2/c1-2-29(25,26)14-15-9-11-21(12-10-15,19-13-17(23)5-8-20(19)24)30(27,28)18-6-3-16(22)4-7-18/h3-8,13,15H,2,9-12,14H2,1H3. The Hall–Kier alpha value is -1.51. The van der Waals surface area contributed by atoms with Gasteiger partial charge in [-0.05, 0) is 74.1 Å². The van der Waals surface area contributed by atoms with E-state index in [0.29, 0.717) is 5.02 Å². The van der Waals surface area contributed by atoms with Crippen LogP contribution in [0, 0.1) is 17.6 Å². The van der Waals surface area contributed by atoms with Crippen LogP contribution in [0.25, 0.3) is 0 Å². The van der Waals surface area contributed by atoms with Gasteiger partial charge in [-0.2, -0.15) is 0 Å². The Morgan fingerprint density at radius 2 is 1.60 bits per heavy atom. The topological polar surface area (TPSA) is 68.3 Å². The lowest BCUT2D eigenvalue weighted by Gasteiger charge is -2.40. The van der Waals surface area contributed by atoms with Crippen LogP contribution in [0.15, 0.2) is 47.4 Å². The second kappa shape index (κ2) is 8.55. The number of hydrogen-bond acceptors (Lipinski definition) is 4. The smallest absolute Gasteiger partial charge is 0.188 e. The van der Waals surface area contributed by atoms with Gasteiger partial charge >= 0.3 is 0 Å². The first-order valence-corrected chi connectivity index (χ1v) is 13.4. The third-order valence-electron chi connectivity index (χ3n) is 5.90. The van der Waals surface area contributed by atoms with Gasteiger partial charge in [-0.3, -0.25) is 0 Å². The molecular weight excluding hydrogens is 454 g/mol. The Morgan fingerprint density at radius 1 is 1.00 bits per heavy atom. The van der Waals surface area contributed by atoms with Crippen molar-refractivity contribution in [1.82, 2.24) is 0 Å². The molecule has 30 heavy (non-hydrogen) atoms. The van der Waals surface area contributed by atoms with Gasteiger partial charge in [0.1, 0.15) is 26.2 Å². The first-order valence-electron chi connectivity index (χ1n) is 9.67. The summed E-state index contributed by atoms with van der Waals surface area (Å²) in [5.41, 5.74) is -0.214. The van der Waals surface area contributed by atoms with Crippen molar-refractivity contribution in [3.8, 4) is 0 Å². The highest BCUT2D eigenvalue weighted by atomic mass is 35.5. The Labute approximate surface area is 181 Å². The van der Waals surface area contributed by atoms with Crippen molar-refractivity contribution in [2.75, 3.05) is 11.5 Å². The van der Waals surface area contributed by atoms with Gasteiger partial charge in [-0.25, -0.2) is 25.6 Å². The number of benzene rings is 2. The summed E-state index contributed by atoms with van der Waals surface area (Å²) in [5.74, 6) is -1.77. The molecule has 0 heterocycles. The maximum atomic E-state index is 14.8. The van der Waals surface area contributed by atoms with Gasteiger partial charge in [0.2, 0.25) is 0 Å². The van der Waals surface area contributed by atoms with Gasteiger partial charge in [0.25, 0.3) is 0 Å². The average Bonchev–Trinajstić information content (AvgIpc) is 2.70. The van der Waals surface area contributed by atoms with Gasteiger partial charge in [0.15, 0.2) is 9.84 Å². The molecule has 1 fully saturated rings. The second-order valence-electron chi connectivity index (χ2n) is 7.72. The maximum Gasteiger partial charge on any atom is 0.188 e. The Morgan fingerprint density at radius 3 is 2.17 bits per heavy atom. The summed E-state index contributed by atoms with van der Waals surface area (Å²) in [7, 11) is -7.35. The third kappa shape index (κ3) is 4.41. The van der Waals surface area contributed by atoms with Gasteiger partial charge < -0.3 is 0 Å². The first kappa shape index (κ1) is 23.2. The summed E-state index contributed by atoms with van der Waals surface area (Å²) in [5, 5.41) is 0.355. The molecule has 0 spiro atoms. The van der Waals surface area contributed by atoms with E-state index >= 15 is 0 Å². The van der Waals surface area contributed by atoms with E-state index < -0.39 is 36.1 Å². The van der Waals surface area contributed by atoms with E-state index in [2.05, 4.69) is 0 Å². The summed E-state index contributed by atoms with van der Waals surface area (Å²) in [6, 6.07) is 8.38. The van der Waals surface area contributed by atoms with Crippen molar-refractivity contribution >= 4 is 31.3 Å². The Kier molecular flexibility index (Phi) is 6.60. The van der Waals surface area contributed by atoms with Crippen molar-refractivity contribution in [3.63, 3.8) is 0 Å². The lowest BCUT2D eigenvalue weighted by molar-refractivity contribution is 0.303. The normalized spacial score (nSPS) is 22.7. The highest BCUT2D eigenvalue weighted by Crippen LogP contribution is 2.49.